The summed E-state index contributed by atoms with van der Waals surface area (Å²) in [7, 11) is 1.60. The van der Waals surface area contributed by atoms with Gasteiger partial charge in [0, 0.05) is 4.90 Å². The maximum absolute atomic E-state index is 13.3. The summed E-state index contributed by atoms with van der Waals surface area (Å²) in [6.45, 7) is 4.37. The van der Waals surface area contributed by atoms with Gasteiger partial charge >= 0.3 is 0 Å². The van der Waals surface area contributed by atoms with Gasteiger partial charge in [0.05, 0.1) is 19.1 Å². The summed E-state index contributed by atoms with van der Waals surface area (Å²) in [5.41, 5.74) is 2.74. The first-order valence-corrected chi connectivity index (χ1v) is 11.0. The summed E-state index contributed by atoms with van der Waals surface area (Å²) in [6, 6.07) is 24.8. The van der Waals surface area contributed by atoms with E-state index in [2.05, 4.69) is 26.0 Å². The fraction of sp³-hybridized carbons (Fsp3) is 0.269. The molecule has 2 atom stereocenters. The molecular weight excluding hydrogens is 392 g/mol. The van der Waals surface area contributed by atoms with Crippen LogP contribution in [-0.4, -0.2) is 17.3 Å². The highest BCUT2D eigenvalue weighted by molar-refractivity contribution is 8.13. The van der Waals surface area contributed by atoms with Crippen LogP contribution in [0.25, 0.3) is 0 Å². The minimum absolute atomic E-state index is 0.0823. The standard InChI is InChI=1S/C26H28O3S/c1-18(2)17-19-9-11-20(12-10-19)24(26(28)30-23-7-5-4-6-8-23)25(27)21-13-15-22(29-3)16-14-21/h4-16,18,24-25,27H,17H2,1-3H3/t24-,25-/m0/s1. The van der Waals surface area contributed by atoms with Crippen LogP contribution in [0.5, 0.6) is 5.75 Å². The maximum Gasteiger partial charge on any atom is 0.204 e. The topological polar surface area (TPSA) is 46.5 Å². The largest absolute Gasteiger partial charge is 0.497 e. The summed E-state index contributed by atoms with van der Waals surface area (Å²) in [5.74, 6) is 0.606. The quantitative estimate of drug-likeness (QED) is 0.452. The summed E-state index contributed by atoms with van der Waals surface area (Å²) in [4.78, 5) is 14.2. The molecule has 0 aliphatic heterocycles. The smallest absolute Gasteiger partial charge is 0.204 e. The van der Waals surface area contributed by atoms with Crippen molar-refractivity contribution in [1.82, 2.24) is 0 Å². The van der Waals surface area contributed by atoms with Crippen molar-refractivity contribution in [3.63, 3.8) is 0 Å². The van der Waals surface area contributed by atoms with E-state index in [1.807, 2.05) is 54.6 Å². The van der Waals surface area contributed by atoms with Crippen molar-refractivity contribution in [3.05, 3.63) is 95.6 Å². The highest BCUT2D eigenvalue weighted by Gasteiger charge is 2.30. The molecular formula is C26H28O3S. The van der Waals surface area contributed by atoms with Gasteiger partial charge in [0.2, 0.25) is 5.12 Å². The predicted molar refractivity (Wildman–Crippen MR) is 123 cm³/mol. The molecule has 156 valence electrons. The van der Waals surface area contributed by atoms with Crippen LogP contribution in [0.3, 0.4) is 0 Å². The number of hydrogen-bond donors (Lipinski definition) is 1. The molecule has 0 unspecified atom stereocenters. The number of rotatable bonds is 8. The van der Waals surface area contributed by atoms with Gasteiger partial charge in [-0.05, 0) is 53.3 Å². The normalized spacial score (nSPS) is 13.1. The number of carbonyl (C=O) groups is 1. The van der Waals surface area contributed by atoms with E-state index in [0.717, 1.165) is 16.9 Å². The van der Waals surface area contributed by atoms with E-state index in [1.165, 1.54) is 17.3 Å². The number of carbonyl (C=O) groups excluding carboxylic acids is 1. The number of aliphatic hydroxyl groups excluding tert-OH is 1. The van der Waals surface area contributed by atoms with E-state index in [9.17, 15) is 9.90 Å². The number of benzene rings is 3. The average Bonchev–Trinajstić information content (AvgIpc) is 2.75. The molecule has 0 spiro atoms. The van der Waals surface area contributed by atoms with Crippen LogP contribution in [0, 0.1) is 5.92 Å². The molecule has 4 heteroatoms. The zero-order valence-corrected chi connectivity index (χ0v) is 18.4. The van der Waals surface area contributed by atoms with Gasteiger partial charge in [-0.3, -0.25) is 4.79 Å². The van der Waals surface area contributed by atoms with Gasteiger partial charge in [-0.15, -0.1) is 0 Å². The molecule has 0 amide bonds. The van der Waals surface area contributed by atoms with Crippen molar-refractivity contribution >= 4 is 16.9 Å². The molecule has 0 bridgehead atoms. The van der Waals surface area contributed by atoms with E-state index in [0.29, 0.717) is 17.2 Å². The second-order valence-corrected chi connectivity index (χ2v) is 8.85. The number of aliphatic hydroxyl groups is 1. The molecule has 30 heavy (non-hydrogen) atoms. The summed E-state index contributed by atoms with van der Waals surface area (Å²) in [6.07, 6.45) is 0.0363. The van der Waals surface area contributed by atoms with Crippen LogP contribution in [0.4, 0.5) is 0 Å². The van der Waals surface area contributed by atoms with Crippen molar-refractivity contribution in [2.24, 2.45) is 5.92 Å². The van der Waals surface area contributed by atoms with Crippen molar-refractivity contribution in [2.45, 2.75) is 37.2 Å². The van der Waals surface area contributed by atoms with E-state index in [-0.39, 0.29) is 5.12 Å². The second-order valence-electron chi connectivity index (χ2n) is 7.77. The third-order valence-electron chi connectivity index (χ3n) is 4.97. The molecule has 0 fully saturated rings. The Balaban J connectivity index is 1.91. The minimum atomic E-state index is -0.949. The van der Waals surface area contributed by atoms with Crippen LogP contribution >= 0.6 is 11.8 Å². The molecule has 3 nitrogen and oxygen atoms in total. The van der Waals surface area contributed by atoms with Gasteiger partial charge in [-0.25, -0.2) is 0 Å². The fourth-order valence-corrected chi connectivity index (χ4v) is 4.36. The monoisotopic (exact) mass is 420 g/mol. The molecule has 0 heterocycles. The second kappa shape index (κ2) is 10.5. The van der Waals surface area contributed by atoms with Crippen molar-refractivity contribution in [3.8, 4) is 5.75 Å². The molecule has 3 aromatic rings. The van der Waals surface area contributed by atoms with E-state index in [1.54, 1.807) is 19.2 Å². The van der Waals surface area contributed by atoms with E-state index >= 15 is 0 Å². The van der Waals surface area contributed by atoms with Crippen LogP contribution in [0.2, 0.25) is 0 Å². The fourth-order valence-electron chi connectivity index (χ4n) is 3.44. The first-order chi connectivity index (χ1) is 14.5. The zero-order chi connectivity index (χ0) is 21.5. The average molecular weight is 421 g/mol. The molecule has 0 aromatic heterocycles. The van der Waals surface area contributed by atoms with Crippen LogP contribution in [0.15, 0.2) is 83.8 Å². The summed E-state index contributed by atoms with van der Waals surface area (Å²) >= 11 is 1.17. The van der Waals surface area contributed by atoms with E-state index < -0.39 is 12.0 Å². The van der Waals surface area contributed by atoms with Gasteiger partial charge in [-0.1, -0.05) is 80.2 Å². The number of thioether (sulfide) groups is 1. The van der Waals surface area contributed by atoms with Crippen molar-refractivity contribution in [1.29, 1.82) is 0 Å². The van der Waals surface area contributed by atoms with Crippen LogP contribution in [0.1, 0.15) is 42.6 Å². The molecule has 0 saturated heterocycles. The Morgan fingerprint density at radius 2 is 1.50 bits per heavy atom. The minimum Gasteiger partial charge on any atom is -0.497 e. The molecule has 0 aliphatic rings. The first kappa shape index (κ1) is 22.1. The Morgan fingerprint density at radius 3 is 2.07 bits per heavy atom. The van der Waals surface area contributed by atoms with Gasteiger partial charge in [0.1, 0.15) is 5.75 Å². The number of hydrogen-bond acceptors (Lipinski definition) is 4. The van der Waals surface area contributed by atoms with Crippen LogP contribution in [-0.2, 0) is 11.2 Å². The first-order valence-electron chi connectivity index (χ1n) is 10.2. The van der Waals surface area contributed by atoms with Gasteiger partial charge in [-0.2, -0.15) is 0 Å². The summed E-state index contributed by atoms with van der Waals surface area (Å²) in [5, 5.41) is 11.1. The Kier molecular flexibility index (Phi) is 7.72. The Bertz CT molecular complexity index is 934. The van der Waals surface area contributed by atoms with E-state index in [4.69, 9.17) is 4.74 Å². The lowest BCUT2D eigenvalue weighted by Crippen LogP contribution is -2.18. The number of methoxy groups -OCH3 is 1. The van der Waals surface area contributed by atoms with Gasteiger partial charge in [0.25, 0.3) is 0 Å². The SMILES string of the molecule is COc1ccc([C@H](O)[C@@H](C(=O)Sc2ccccc2)c2ccc(CC(C)C)cc2)cc1. The van der Waals surface area contributed by atoms with Gasteiger partial charge in [0.15, 0.2) is 0 Å². The molecule has 0 aliphatic carbocycles. The Labute approximate surface area is 183 Å². The Morgan fingerprint density at radius 1 is 0.900 bits per heavy atom. The highest BCUT2D eigenvalue weighted by Crippen LogP contribution is 2.37. The van der Waals surface area contributed by atoms with Crippen molar-refractivity contribution < 1.29 is 14.6 Å². The van der Waals surface area contributed by atoms with Crippen LogP contribution < -0.4 is 4.74 Å². The lowest BCUT2D eigenvalue weighted by molar-refractivity contribution is -0.114. The molecule has 1 N–H and O–H groups in total. The number of ether oxygens (including phenoxy) is 1. The predicted octanol–water partition coefficient (Wildman–Crippen LogP) is 6.03. The lowest BCUT2D eigenvalue weighted by atomic mass is 9.89. The third-order valence-corrected chi connectivity index (χ3v) is 5.93. The summed E-state index contributed by atoms with van der Waals surface area (Å²) < 4.78 is 5.21. The molecule has 3 aromatic carbocycles. The maximum atomic E-state index is 13.3. The molecule has 3 rings (SSSR count). The Hall–Kier alpha value is -2.56. The lowest BCUT2D eigenvalue weighted by Gasteiger charge is -2.23. The van der Waals surface area contributed by atoms with Crippen molar-refractivity contribution in [2.75, 3.05) is 7.11 Å². The molecule has 0 radical (unpaired) electrons. The highest BCUT2D eigenvalue weighted by atomic mass is 32.2. The van der Waals surface area contributed by atoms with Gasteiger partial charge < -0.3 is 9.84 Å². The zero-order valence-electron chi connectivity index (χ0n) is 17.6. The molecule has 0 saturated carbocycles. The third kappa shape index (κ3) is 5.74.